The van der Waals surface area contributed by atoms with Crippen LogP contribution in [0.2, 0.25) is 5.02 Å². The molecule has 0 N–H and O–H groups in total. The minimum atomic E-state index is -0.445. The van der Waals surface area contributed by atoms with Gasteiger partial charge in [0, 0.05) is 5.02 Å². The van der Waals surface area contributed by atoms with Gasteiger partial charge in [-0.05, 0) is 72.7 Å². The van der Waals surface area contributed by atoms with E-state index in [-0.39, 0.29) is 5.91 Å². The molecule has 1 aliphatic rings. The van der Waals surface area contributed by atoms with Crippen LogP contribution in [0.5, 0.6) is 11.5 Å². The fourth-order valence-corrected chi connectivity index (χ4v) is 3.64. The topological polar surface area (TPSA) is 77.4 Å². The van der Waals surface area contributed by atoms with E-state index in [0.717, 1.165) is 11.1 Å². The molecule has 3 aromatic carbocycles. The lowest BCUT2D eigenvalue weighted by atomic mass is 10.1. The second-order valence-corrected chi connectivity index (χ2v) is 8.16. The summed E-state index contributed by atoms with van der Waals surface area (Å²) in [6.07, 6.45) is 1.76. The van der Waals surface area contributed by atoms with Crippen LogP contribution in [0.4, 0.5) is 5.69 Å². The highest BCUT2D eigenvalue weighted by atomic mass is 35.5. The van der Waals surface area contributed by atoms with E-state index in [1.807, 2.05) is 30.3 Å². The van der Waals surface area contributed by atoms with Crippen molar-refractivity contribution in [2.24, 2.45) is 5.10 Å². The number of anilines is 1. The van der Waals surface area contributed by atoms with E-state index in [0.29, 0.717) is 45.7 Å². The van der Waals surface area contributed by atoms with Crippen molar-refractivity contribution in [2.75, 3.05) is 19.2 Å². The number of esters is 1. The van der Waals surface area contributed by atoms with Crippen LogP contribution >= 0.6 is 11.6 Å². The first-order valence-electron chi connectivity index (χ1n) is 10.7. The van der Waals surface area contributed by atoms with Gasteiger partial charge in [0.1, 0.15) is 6.61 Å². The van der Waals surface area contributed by atoms with Gasteiger partial charge < -0.3 is 14.2 Å². The first-order chi connectivity index (χ1) is 16.9. The van der Waals surface area contributed by atoms with Crippen LogP contribution in [0.25, 0.3) is 6.08 Å². The number of nitrogens with zero attached hydrogens (tertiary/aromatic N) is 2. The normalized spacial score (nSPS) is 14.2. The van der Waals surface area contributed by atoms with Gasteiger partial charge in [0.2, 0.25) is 0 Å². The predicted molar refractivity (Wildman–Crippen MR) is 135 cm³/mol. The van der Waals surface area contributed by atoms with Gasteiger partial charge in [0.25, 0.3) is 5.91 Å². The van der Waals surface area contributed by atoms with Gasteiger partial charge >= 0.3 is 5.97 Å². The Morgan fingerprint density at radius 1 is 1.00 bits per heavy atom. The molecule has 0 atom stereocenters. The second-order valence-electron chi connectivity index (χ2n) is 7.72. The van der Waals surface area contributed by atoms with Gasteiger partial charge in [-0.25, -0.2) is 4.79 Å². The maximum Gasteiger partial charge on any atom is 0.337 e. The number of hydrogen-bond acceptors (Lipinski definition) is 6. The monoisotopic (exact) mass is 490 g/mol. The standard InChI is InChI=1S/C27H23ClN2O5/c1-17-23(26(31)30(29-17)22-11-7-20(8-12-22)27(32)34-3)14-19-6-13-24(25(15-19)33-2)35-16-18-4-9-21(28)10-5-18/h4-15H,16H2,1-3H3. The van der Waals surface area contributed by atoms with Gasteiger partial charge in [-0.2, -0.15) is 10.1 Å². The zero-order valence-electron chi connectivity index (χ0n) is 19.4. The summed E-state index contributed by atoms with van der Waals surface area (Å²) in [6.45, 7) is 2.13. The molecule has 0 bridgehead atoms. The molecular weight excluding hydrogens is 468 g/mol. The quantitative estimate of drug-likeness (QED) is 0.322. The lowest BCUT2D eigenvalue weighted by Crippen LogP contribution is -2.21. The highest BCUT2D eigenvalue weighted by Gasteiger charge is 2.29. The Morgan fingerprint density at radius 3 is 2.37 bits per heavy atom. The Bertz CT molecular complexity index is 1310. The van der Waals surface area contributed by atoms with Crippen molar-refractivity contribution in [1.82, 2.24) is 0 Å². The van der Waals surface area contributed by atoms with E-state index in [1.165, 1.54) is 12.1 Å². The zero-order chi connectivity index (χ0) is 24.9. The minimum absolute atomic E-state index is 0.268. The van der Waals surface area contributed by atoms with Crippen LogP contribution < -0.4 is 14.5 Å². The summed E-state index contributed by atoms with van der Waals surface area (Å²) in [4.78, 5) is 24.7. The SMILES string of the molecule is COC(=O)c1ccc(N2N=C(C)C(=Cc3ccc(OCc4ccc(Cl)cc4)c(OC)c3)C2=O)cc1. The van der Waals surface area contributed by atoms with Crippen molar-refractivity contribution < 1.29 is 23.8 Å². The molecule has 0 fully saturated rings. The molecule has 3 aromatic rings. The Balaban J connectivity index is 1.51. The van der Waals surface area contributed by atoms with Gasteiger partial charge in [0.15, 0.2) is 11.5 Å². The summed E-state index contributed by atoms with van der Waals surface area (Å²) in [6, 6.07) is 19.4. The lowest BCUT2D eigenvalue weighted by Gasteiger charge is -2.13. The van der Waals surface area contributed by atoms with E-state index >= 15 is 0 Å². The average molecular weight is 491 g/mol. The third-order valence-corrected chi connectivity index (χ3v) is 5.65. The number of ether oxygens (including phenoxy) is 3. The highest BCUT2D eigenvalue weighted by Crippen LogP contribution is 2.31. The predicted octanol–water partition coefficient (Wildman–Crippen LogP) is 5.52. The summed E-state index contributed by atoms with van der Waals surface area (Å²) in [5.74, 6) is 0.415. The maximum absolute atomic E-state index is 13.1. The molecule has 0 unspecified atom stereocenters. The van der Waals surface area contributed by atoms with Crippen molar-refractivity contribution in [3.63, 3.8) is 0 Å². The molecule has 0 saturated heterocycles. The van der Waals surface area contributed by atoms with E-state index < -0.39 is 5.97 Å². The molecule has 4 rings (SSSR count). The highest BCUT2D eigenvalue weighted by molar-refractivity contribution is 6.32. The smallest absolute Gasteiger partial charge is 0.337 e. The van der Waals surface area contributed by atoms with Gasteiger partial charge in [-0.3, -0.25) is 4.79 Å². The minimum Gasteiger partial charge on any atom is -0.493 e. The van der Waals surface area contributed by atoms with Crippen LogP contribution in [-0.4, -0.2) is 31.8 Å². The number of benzene rings is 3. The fraction of sp³-hybridized carbons (Fsp3) is 0.148. The molecule has 1 amide bonds. The molecule has 0 radical (unpaired) electrons. The van der Waals surface area contributed by atoms with E-state index in [9.17, 15) is 9.59 Å². The van der Waals surface area contributed by atoms with E-state index in [1.54, 1.807) is 56.5 Å². The Labute approximate surface area is 208 Å². The summed E-state index contributed by atoms with van der Waals surface area (Å²) >= 11 is 5.93. The number of carbonyl (C=O) groups excluding carboxylic acids is 2. The molecule has 0 aromatic heterocycles. The molecule has 0 aliphatic carbocycles. The van der Waals surface area contributed by atoms with Crippen LogP contribution in [-0.2, 0) is 16.1 Å². The number of halogens is 1. The average Bonchev–Trinajstić information content (AvgIpc) is 3.16. The Morgan fingerprint density at radius 2 is 1.71 bits per heavy atom. The number of hydrazone groups is 1. The second kappa shape index (κ2) is 10.4. The van der Waals surface area contributed by atoms with Crippen molar-refractivity contribution in [2.45, 2.75) is 13.5 Å². The largest absolute Gasteiger partial charge is 0.493 e. The molecule has 0 saturated carbocycles. The Hall–Kier alpha value is -4.10. The number of carbonyl (C=O) groups is 2. The summed E-state index contributed by atoms with van der Waals surface area (Å²) < 4.78 is 16.1. The number of methoxy groups -OCH3 is 2. The molecule has 8 heteroatoms. The van der Waals surface area contributed by atoms with Crippen molar-refractivity contribution >= 4 is 41.0 Å². The van der Waals surface area contributed by atoms with Gasteiger partial charge in [0.05, 0.1) is 36.8 Å². The van der Waals surface area contributed by atoms with Crippen LogP contribution in [0, 0.1) is 0 Å². The lowest BCUT2D eigenvalue weighted by molar-refractivity contribution is -0.114. The molecule has 0 spiro atoms. The molecule has 7 nitrogen and oxygen atoms in total. The van der Waals surface area contributed by atoms with E-state index in [4.69, 9.17) is 25.8 Å². The van der Waals surface area contributed by atoms with Gasteiger partial charge in [-0.1, -0.05) is 29.8 Å². The van der Waals surface area contributed by atoms with Crippen LogP contribution in [0.15, 0.2) is 77.4 Å². The number of rotatable bonds is 7. The summed E-state index contributed by atoms with van der Waals surface area (Å²) in [5.41, 5.74) is 3.72. The molecule has 1 heterocycles. The third-order valence-electron chi connectivity index (χ3n) is 5.40. The fourth-order valence-electron chi connectivity index (χ4n) is 3.52. The van der Waals surface area contributed by atoms with Crippen molar-refractivity contribution in [3.8, 4) is 11.5 Å². The van der Waals surface area contributed by atoms with Crippen LogP contribution in [0.1, 0.15) is 28.4 Å². The first-order valence-corrected chi connectivity index (χ1v) is 11.1. The molecular formula is C27H23ClN2O5. The third kappa shape index (κ3) is 5.36. The molecule has 178 valence electrons. The first kappa shape index (κ1) is 24.0. The Kier molecular flexibility index (Phi) is 7.17. The number of amides is 1. The summed E-state index contributed by atoms with van der Waals surface area (Å²) in [7, 11) is 2.88. The van der Waals surface area contributed by atoms with Crippen LogP contribution in [0.3, 0.4) is 0 Å². The van der Waals surface area contributed by atoms with Gasteiger partial charge in [-0.15, -0.1) is 0 Å². The molecule has 1 aliphatic heterocycles. The number of hydrogen-bond donors (Lipinski definition) is 0. The molecule has 35 heavy (non-hydrogen) atoms. The summed E-state index contributed by atoms with van der Waals surface area (Å²) in [5, 5.41) is 6.37. The van der Waals surface area contributed by atoms with Crippen molar-refractivity contribution in [3.05, 3.63) is 94.0 Å². The van der Waals surface area contributed by atoms with Crippen molar-refractivity contribution in [1.29, 1.82) is 0 Å². The van der Waals surface area contributed by atoms with E-state index in [2.05, 4.69) is 5.10 Å². The maximum atomic E-state index is 13.1. The zero-order valence-corrected chi connectivity index (χ0v) is 20.2.